The average Bonchev–Trinajstić information content (AvgIpc) is 2.22. The maximum absolute atomic E-state index is 5.84. The zero-order valence-electron chi connectivity index (χ0n) is 7.65. The number of hydrogen-bond donors (Lipinski definition) is 0. The Balaban J connectivity index is 2.26. The number of rotatable bonds is 2. The summed E-state index contributed by atoms with van der Waals surface area (Å²) < 4.78 is 6.36. The standard InChI is InChI=1S/C11H7BrClNO/c12-10-5-2-6-14-11(10)15-9-4-1-3-8(13)7-9/h1-7H. The molecule has 1 aromatic carbocycles. The predicted octanol–water partition coefficient (Wildman–Crippen LogP) is 4.29. The number of hydrogen-bond acceptors (Lipinski definition) is 2. The maximum atomic E-state index is 5.84. The van der Waals surface area contributed by atoms with Crippen molar-refractivity contribution in [1.29, 1.82) is 0 Å². The van der Waals surface area contributed by atoms with Crippen molar-refractivity contribution in [2.24, 2.45) is 0 Å². The van der Waals surface area contributed by atoms with Gasteiger partial charge in [0.05, 0.1) is 4.47 Å². The molecular formula is C11H7BrClNO. The quantitative estimate of drug-likeness (QED) is 0.821. The molecule has 2 aromatic rings. The Hall–Kier alpha value is -1.06. The zero-order chi connectivity index (χ0) is 10.7. The van der Waals surface area contributed by atoms with E-state index in [-0.39, 0.29) is 0 Å². The smallest absolute Gasteiger partial charge is 0.233 e. The van der Waals surface area contributed by atoms with Gasteiger partial charge in [-0.3, -0.25) is 0 Å². The molecule has 1 heterocycles. The number of benzene rings is 1. The first kappa shape index (κ1) is 10.5. The van der Waals surface area contributed by atoms with Crippen LogP contribution < -0.4 is 4.74 Å². The van der Waals surface area contributed by atoms with E-state index in [1.807, 2.05) is 24.3 Å². The minimum atomic E-state index is 0.528. The van der Waals surface area contributed by atoms with Crippen molar-refractivity contribution in [3.63, 3.8) is 0 Å². The molecule has 15 heavy (non-hydrogen) atoms. The van der Waals surface area contributed by atoms with Crippen LogP contribution >= 0.6 is 27.5 Å². The highest BCUT2D eigenvalue weighted by Crippen LogP contribution is 2.27. The van der Waals surface area contributed by atoms with Crippen LogP contribution in [0.1, 0.15) is 0 Å². The van der Waals surface area contributed by atoms with Crippen molar-refractivity contribution in [3.05, 3.63) is 52.1 Å². The lowest BCUT2D eigenvalue weighted by molar-refractivity contribution is 0.460. The molecule has 0 N–H and O–H groups in total. The van der Waals surface area contributed by atoms with Crippen LogP contribution in [0.2, 0.25) is 5.02 Å². The second kappa shape index (κ2) is 4.64. The summed E-state index contributed by atoms with van der Waals surface area (Å²) in [6, 6.07) is 10.9. The number of nitrogens with zero attached hydrogens (tertiary/aromatic N) is 1. The van der Waals surface area contributed by atoms with E-state index in [0.717, 1.165) is 4.47 Å². The highest BCUT2D eigenvalue weighted by molar-refractivity contribution is 9.10. The van der Waals surface area contributed by atoms with E-state index in [0.29, 0.717) is 16.7 Å². The van der Waals surface area contributed by atoms with E-state index in [1.54, 1.807) is 18.3 Å². The molecule has 0 aliphatic carbocycles. The molecular weight excluding hydrogens is 277 g/mol. The largest absolute Gasteiger partial charge is 0.438 e. The second-order valence-electron chi connectivity index (χ2n) is 2.85. The monoisotopic (exact) mass is 283 g/mol. The molecule has 76 valence electrons. The lowest BCUT2D eigenvalue weighted by Crippen LogP contribution is -1.87. The van der Waals surface area contributed by atoms with Crippen molar-refractivity contribution in [1.82, 2.24) is 4.98 Å². The van der Waals surface area contributed by atoms with Gasteiger partial charge in [-0.1, -0.05) is 17.7 Å². The van der Waals surface area contributed by atoms with E-state index in [1.165, 1.54) is 0 Å². The summed E-state index contributed by atoms with van der Waals surface area (Å²) in [5, 5.41) is 0.638. The van der Waals surface area contributed by atoms with Crippen LogP contribution in [0.3, 0.4) is 0 Å². The third-order valence-corrected chi connectivity index (χ3v) is 2.57. The predicted molar refractivity (Wildman–Crippen MR) is 63.5 cm³/mol. The molecule has 0 saturated heterocycles. The molecule has 0 aliphatic heterocycles. The van der Waals surface area contributed by atoms with E-state index in [4.69, 9.17) is 16.3 Å². The van der Waals surface area contributed by atoms with Crippen LogP contribution in [-0.4, -0.2) is 4.98 Å². The molecule has 2 rings (SSSR count). The van der Waals surface area contributed by atoms with Crippen LogP contribution in [0, 0.1) is 0 Å². The van der Waals surface area contributed by atoms with Crippen molar-refractivity contribution < 1.29 is 4.74 Å². The summed E-state index contributed by atoms with van der Waals surface area (Å²) in [5.74, 6) is 1.20. The molecule has 0 radical (unpaired) electrons. The molecule has 2 nitrogen and oxygen atoms in total. The highest BCUT2D eigenvalue weighted by Gasteiger charge is 2.02. The van der Waals surface area contributed by atoms with Gasteiger partial charge in [0.2, 0.25) is 5.88 Å². The van der Waals surface area contributed by atoms with Crippen molar-refractivity contribution in [2.45, 2.75) is 0 Å². The summed E-state index contributed by atoms with van der Waals surface area (Å²) in [6.45, 7) is 0. The Morgan fingerprint density at radius 1 is 1.20 bits per heavy atom. The van der Waals surface area contributed by atoms with Gasteiger partial charge in [0.15, 0.2) is 0 Å². The van der Waals surface area contributed by atoms with Crippen molar-refractivity contribution in [2.75, 3.05) is 0 Å². The van der Waals surface area contributed by atoms with E-state index in [2.05, 4.69) is 20.9 Å². The van der Waals surface area contributed by atoms with Gasteiger partial charge in [-0.25, -0.2) is 4.98 Å². The average molecular weight is 285 g/mol. The number of ether oxygens (including phenoxy) is 1. The second-order valence-corrected chi connectivity index (χ2v) is 4.14. The summed E-state index contributed by atoms with van der Waals surface area (Å²) in [6.07, 6.45) is 1.67. The normalized spacial score (nSPS) is 10.0. The van der Waals surface area contributed by atoms with Crippen LogP contribution in [0.15, 0.2) is 47.1 Å². The number of pyridine rings is 1. The lowest BCUT2D eigenvalue weighted by Gasteiger charge is -2.05. The maximum Gasteiger partial charge on any atom is 0.233 e. The molecule has 0 saturated carbocycles. The van der Waals surface area contributed by atoms with Crippen molar-refractivity contribution in [3.8, 4) is 11.6 Å². The number of aromatic nitrogens is 1. The van der Waals surface area contributed by atoms with Gasteiger partial charge in [0, 0.05) is 11.2 Å². The van der Waals surface area contributed by atoms with Crippen LogP contribution in [0.4, 0.5) is 0 Å². The Kier molecular flexibility index (Phi) is 3.23. The third kappa shape index (κ3) is 2.70. The SMILES string of the molecule is Clc1cccc(Oc2ncccc2Br)c1. The van der Waals surface area contributed by atoms with Crippen LogP contribution in [-0.2, 0) is 0 Å². The van der Waals surface area contributed by atoms with E-state index >= 15 is 0 Å². The minimum Gasteiger partial charge on any atom is -0.438 e. The molecule has 0 aliphatic rings. The molecule has 4 heteroatoms. The first-order valence-electron chi connectivity index (χ1n) is 4.29. The first-order valence-corrected chi connectivity index (χ1v) is 5.47. The van der Waals surface area contributed by atoms with Gasteiger partial charge in [0.25, 0.3) is 0 Å². The molecule has 0 unspecified atom stereocenters. The van der Waals surface area contributed by atoms with Crippen LogP contribution in [0.5, 0.6) is 11.6 Å². The Morgan fingerprint density at radius 2 is 2.07 bits per heavy atom. The summed E-state index contributed by atoms with van der Waals surface area (Å²) in [5.41, 5.74) is 0. The summed E-state index contributed by atoms with van der Waals surface area (Å²) in [4.78, 5) is 4.09. The lowest BCUT2D eigenvalue weighted by atomic mass is 10.3. The fourth-order valence-electron chi connectivity index (χ4n) is 1.09. The van der Waals surface area contributed by atoms with Gasteiger partial charge in [0.1, 0.15) is 5.75 Å². The highest BCUT2D eigenvalue weighted by atomic mass is 79.9. The number of halogens is 2. The Morgan fingerprint density at radius 3 is 2.80 bits per heavy atom. The Bertz CT molecular complexity index is 476. The van der Waals surface area contributed by atoms with E-state index in [9.17, 15) is 0 Å². The van der Waals surface area contributed by atoms with Crippen molar-refractivity contribution >= 4 is 27.5 Å². The van der Waals surface area contributed by atoms with Gasteiger partial charge in [-0.15, -0.1) is 0 Å². The van der Waals surface area contributed by atoms with E-state index < -0.39 is 0 Å². The minimum absolute atomic E-state index is 0.528. The van der Waals surface area contributed by atoms with Crippen LogP contribution in [0.25, 0.3) is 0 Å². The summed E-state index contributed by atoms with van der Waals surface area (Å²) in [7, 11) is 0. The Labute approximate surface area is 101 Å². The van der Waals surface area contributed by atoms with Gasteiger partial charge in [-0.05, 0) is 46.3 Å². The zero-order valence-corrected chi connectivity index (χ0v) is 9.99. The fourth-order valence-corrected chi connectivity index (χ4v) is 1.60. The van der Waals surface area contributed by atoms with Gasteiger partial charge < -0.3 is 4.74 Å². The molecule has 0 bridgehead atoms. The molecule has 0 atom stereocenters. The topological polar surface area (TPSA) is 22.1 Å². The summed E-state index contributed by atoms with van der Waals surface area (Å²) >= 11 is 9.19. The molecule has 0 fully saturated rings. The molecule has 0 amide bonds. The van der Waals surface area contributed by atoms with Gasteiger partial charge >= 0.3 is 0 Å². The first-order chi connectivity index (χ1) is 7.25. The third-order valence-electron chi connectivity index (χ3n) is 1.74. The fraction of sp³-hybridized carbons (Fsp3) is 0. The molecule has 1 aromatic heterocycles. The van der Waals surface area contributed by atoms with Gasteiger partial charge in [-0.2, -0.15) is 0 Å². The molecule has 0 spiro atoms.